The van der Waals surface area contributed by atoms with Crippen molar-refractivity contribution in [1.82, 2.24) is 10.1 Å². The molecule has 0 aliphatic carbocycles. The summed E-state index contributed by atoms with van der Waals surface area (Å²) in [5.41, 5.74) is 2.35. The van der Waals surface area contributed by atoms with Gasteiger partial charge in [-0.3, -0.25) is 14.6 Å². The number of H-pyrrole nitrogens is 1. The van der Waals surface area contributed by atoms with E-state index in [1.807, 2.05) is 43.3 Å². The van der Waals surface area contributed by atoms with Gasteiger partial charge in [0.2, 0.25) is 11.1 Å². The Bertz CT molecular complexity index is 1110. The van der Waals surface area contributed by atoms with Gasteiger partial charge < -0.3 is 0 Å². The van der Waals surface area contributed by atoms with Gasteiger partial charge in [0.25, 0.3) is 6.17 Å². The Hall–Kier alpha value is -2.64. The normalized spacial score (nSPS) is 15.1. The molecule has 1 aliphatic heterocycles. The molecule has 1 aromatic heterocycles. The fourth-order valence-electron chi connectivity index (χ4n) is 3.45. The molecule has 1 N–H and O–H groups in total. The minimum absolute atomic E-state index is 0.141. The molecule has 1 atom stereocenters. The molecular weight excluding hydrogens is 396 g/mol. The Labute approximate surface area is 171 Å². The number of thioether (sulfide) groups is 1. The van der Waals surface area contributed by atoms with E-state index in [1.165, 1.54) is 18.7 Å². The van der Waals surface area contributed by atoms with E-state index in [-0.39, 0.29) is 11.5 Å². The molecule has 3 aromatic rings. The summed E-state index contributed by atoms with van der Waals surface area (Å²) in [5.74, 6) is 0.623. The Kier molecular flexibility index (Phi) is 4.95. The first-order chi connectivity index (χ1) is 13.5. The molecule has 6 nitrogen and oxygen atoms in total. The molecule has 28 heavy (non-hydrogen) atoms. The average molecular weight is 414 g/mol. The molecule has 0 bridgehead atoms. The molecule has 0 fully saturated rings. The molecule has 4 rings (SSSR count). The van der Waals surface area contributed by atoms with E-state index >= 15 is 0 Å². The summed E-state index contributed by atoms with van der Waals surface area (Å²) in [6, 6.07) is 14.6. The highest BCUT2D eigenvalue weighted by molar-refractivity contribution is 7.99. The predicted molar refractivity (Wildman–Crippen MR) is 110 cm³/mol. The quantitative estimate of drug-likeness (QED) is 0.527. The number of carbonyl (C=O) groups is 1. The van der Waals surface area contributed by atoms with Crippen molar-refractivity contribution in [3.8, 4) is 11.3 Å². The number of carbonyl (C=O) groups excluding carboxylic acids is 1. The van der Waals surface area contributed by atoms with Crippen molar-refractivity contribution >= 4 is 35.0 Å². The summed E-state index contributed by atoms with van der Waals surface area (Å²) in [4.78, 5) is 30.2. The minimum atomic E-state index is -0.585. The first kappa shape index (κ1) is 18.7. The van der Waals surface area contributed by atoms with Gasteiger partial charge in [0.1, 0.15) is 0 Å². The third kappa shape index (κ3) is 3.10. The monoisotopic (exact) mass is 413 g/mol. The van der Waals surface area contributed by atoms with Crippen LogP contribution in [0.25, 0.3) is 11.3 Å². The summed E-state index contributed by atoms with van der Waals surface area (Å²) >= 11 is 7.50. The van der Waals surface area contributed by atoms with Crippen molar-refractivity contribution in [1.29, 1.82) is 0 Å². The molecule has 0 unspecified atom stereocenters. The van der Waals surface area contributed by atoms with Crippen LogP contribution in [0.2, 0.25) is 5.02 Å². The number of aromatic amines is 1. The van der Waals surface area contributed by atoms with E-state index < -0.39 is 6.17 Å². The number of para-hydroxylation sites is 1. The fraction of sp³-hybridized carbons (Fsp3) is 0.200. The molecule has 2 aromatic carbocycles. The number of hydrogen-bond donors (Lipinski definition) is 1. The van der Waals surface area contributed by atoms with Crippen molar-refractivity contribution in [2.45, 2.75) is 25.2 Å². The topological polar surface area (TPSA) is 69.9 Å². The minimum Gasteiger partial charge on any atom is -0.291 e. The molecule has 0 spiro atoms. The van der Waals surface area contributed by atoms with Gasteiger partial charge in [0.05, 0.1) is 11.3 Å². The van der Waals surface area contributed by atoms with Crippen LogP contribution in [0.3, 0.4) is 0 Å². The molecule has 0 saturated carbocycles. The zero-order valence-corrected chi connectivity index (χ0v) is 16.9. The van der Waals surface area contributed by atoms with Crippen LogP contribution in [0.5, 0.6) is 0 Å². The van der Waals surface area contributed by atoms with E-state index in [0.717, 1.165) is 11.3 Å². The second kappa shape index (κ2) is 7.41. The summed E-state index contributed by atoms with van der Waals surface area (Å²) in [5, 5.41) is 5.78. The van der Waals surface area contributed by atoms with Crippen molar-refractivity contribution < 1.29 is 9.48 Å². The highest BCUT2D eigenvalue weighted by Crippen LogP contribution is 2.37. The molecule has 2 heterocycles. The van der Waals surface area contributed by atoms with Crippen LogP contribution < -0.4 is 15.1 Å². The van der Waals surface area contributed by atoms with Gasteiger partial charge in [-0.15, -0.1) is 0 Å². The maximum absolute atomic E-state index is 13.0. The van der Waals surface area contributed by atoms with Crippen LogP contribution in [0.1, 0.15) is 25.6 Å². The van der Waals surface area contributed by atoms with E-state index in [0.29, 0.717) is 27.1 Å². The zero-order chi connectivity index (χ0) is 19.8. The lowest BCUT2D eigenvalue weighted by Crippen LogP contribution is -2.60. The van der Waals surface area contributed by atoms with E-state index in [4.69, 9.17) is 11.6 Å². The number of hydrogen-bond acceptors (Lipinski definition) is 4. The summed E-state index contributed by atoms with van der Waals surface area (Å²) in [6.07, 6.45) is -0.585. The predicted octanol–water partition coefficient (Wildman–Crippen LogP) is 3.40. The van der Waals surface area contributed by atoms with Gasteiger partial charge in [0.15, 0.2) is 0 Å². The summed E-state index contributed by atoms with van der Waals surface area (Å²) in [6.45, 7) is 3.50. The van der Waals surface area contributed by atoms with Crippen molar-refractivity contribution in [3.05, 3.63) is 69.5 Å². The molecule has 1 aliphatic rings. The summed E-state index contributed by atoms with van der Waals surface area (Å²) in [7, 11) is 0. The smallest absolute Gasteiger partial charge is 0.291 e. The molecule has 0 radical (unpaired) electrons. The lowest BCUT2D eigenvalue weighted by Gasteiger charge is -2.31. The second-order valence-electron chi connectivity index (χ2n) is 6.32. The Balaban J connectivity index is 2.06. The van der Waals surface area contributed by atoms with Crippen molar-refractivity contribution in [3.63, 3.8) is 0 Å². The number of anilines is 1. The van der Waals surface area contributed by atoms with Gasteiger partial charge in [0, 0.05) is 22.6 Å². The Morgan fingerprint density at radius 2 is 1.96 bits per heavy atom. The number of fused-ring (bicyclic) bond motifs is 3. The van der Waals surface area contributed by atoms with Crippen LogP contribution in [-0.2, 0) is 4.79 Å². The van der Waals surface area contributed by atoms with Crippen LogP contribution in [0.4, 0.5) is 5.69 Å². The number of aromatic nitrogens is 3. The molecule has 8 heteroatoms. The van der Waals surface area contributed by atoms with Crippen LogP contribution >= 0.6 is 23.4 Å². The first-order valence-corrected chi connectivity index (χ1v) is 10.2. The lowest BCUT2D eigenvalue weighted by atomic mass is 10.0. The second-order valence-corrected chi connectivity index (χ2v) is 8.01. The number of halogens is 1. The number of benzene rings is 2. The third-order valence-corrected chi connectivity index (χ3v) is 5.54. The summed E-state index contributed by atoms with van der Waals surface area (Å²) < 4.78 is 1.64. The van der Waals surface area contributed by atoms with Gasteiger partial charge in [-0.1, -0.05) is 42.4 Å². The molecular formula is C20H18ClN4O2S+. The highest BCUT2D eigenvalue weighted by Gasteiger charge is 2.44. The van der Waals surface area contributed by atoms with Crippen LogP contribution in [0.15, 0.2) is 58.5 Å². The van der Waals surface area contributed by atoms with Crippen LogP contribution in [-0.4, -0.2) is 21.7 Å². The highest BCUT2D eigenvalue weighted by atomic mass is 35.5. The van der Waals surface area contributed by atoms with Gasteiger partial charge in [-0.2, -0.15) is 0 Å². The van der Waals surface area contributed by atoms with Crippen LogP contribution in [0, 0.1) is 0 Å². The fourth-order valence-corrected chi connectivity index (χ4v) is 4.16. The van der Waals surface area contributed by atoms with Gasteiger partial charge >= 0.3 is 11.3 Å². The van der Waals surface area contributed by atoms with Crippen molar-refractivity contribution in [2.24, 2.45) is 0 Å². The van der Waals surface area contributed by atoms with Gasteiger partial charge in [-0.05, 0) is 46.8 Å². The zero-order valence-electron chi connectivity index (χ0n) is 15.3. The van der Waals surface area contributed by atoms with Gasteiger partial charge in [-0.25, -0.2) is 4.90 Å². The molecule has 1 amide bonds. The Morgan fingerprint density at radius 3 is 2.64 bits per heavy atom. The van der Waals surface area contributed by atoms with E-state index in [9.17, 15) is 9.59 Å². The molecule has 142 valence electrons. The van der Waals surface area contributed by atoms with E-state index in [1.54, 1.807) is 21.7 Å². The SMILES string of the molecule is CCSc1n[n+]2c(c(=O)[nH]1)-c1ccccc1N(C(C)=O)[C@H]2c1ccc(Cl)cc1. The maximum Gasteiger partial charge on any atom is 0.325 e. The number of nitrogens with zero attached hydrogens (tertiary/aromatic N) is 3. The van der Waals surface area contributed by atoms with Crippen molar-refractivity contribution in [2.75, 3.05) is 10.7 Å². The number of nitrogens with one attached hydrogen (secondary N) is 1. The first-order valence-electron chi connectivity index (χ1n) is 8.85. The van der Waals surface area contributed by atoms with E-state index in [2.05, 4.69) is 10.1 Å². The Morgan fingerprint density at radius 1 is 1.25 bits per heavy atom. The number of amides is 1. The maximum atomic E-state index is 13.0. The molecule has 0 saturated heterocycles. The third-order valence-electron chi connectivity index (χ3n) is 4.55. The number of rotatable bonds is 3. The average Bonchev–Trinajstić information content (AvgIpc) is 2.67. The standard InChI is InChI=1S/C20H17ClN4O2S/c1-3-28-20-22-18(27)17-15-6-4-5-7-16(15)24(12(2)26)19(25(17)23-20)13-8-10-14(21)11-9-13/h4-11,19H,3H2,1-2H3/p+1/t19-/m1/s1. The largest absolute Gasteiger partial charge is 0.325 e. The lowest BCUT2D eigenvalue weighted by molar-refractivity contribution is -0.763.